The zero-order valence-electron chi connectivity index (χ0n) is 18.0. The summed E-state index contributed by atoms with van der Waals surface area (Å²) in [4.78, 5) is 39.1. The predicted molar refractivity (Wildman–Crippen MR) is 122 cm³/mol. The molecule has 3 N–H and O–H groups in total. The Kier molecular flexibility index (Phi) is 6.00. The molecule has 0 spiro atoms. The number of amides is 2. The number of hydrogen-bond acceptors (Lipinski definition) is 6. The van der Waals surface area contributed by atoms with E-state index in [-0.39, 0.29) is 24.8 Å². The van der Waals surface area contributed by atoms with Crippen molar-refractivity contribution in [1.29, 1.82) is 0 Å². The number of esters is 1. The molecule has 0 saturated carbocycles. The van der Waals surface area contributed by atoms with Crippen LogP contribution in [0.25, 0.3) is 0 Å². The molecule has 1 aromatic carbocycles. The molecule has 1 aliphatic heterocycles. The third kappa shape index (κ3) is 4.30. The lowest BCUT2D eigenvalue weighted by Gasteiger charge is -2.27. The minimum absolute atomic E-state index is 0.0387. The highest BCUT2D eigenvalue weighted by molar-refractivity contribution is 7.17. The van der Waals surface area contributed by atoms with E-state index in [0.717, 1.165) is 58.6 Å². The maximum Gasteiger partial charge on any atom is 0.341 e. The second-order valence-electron chi connectivity index (χ2n) is 8.06. The number of nitrogens with one attached hydrogen (secondary N) is 3. The highest BCUT2D eigenvalue weighted by atomic mass is 32.1. The summed E-state index contributed by atoms with van der Waals surface area (Å²) in [6.07, 6.45) is 3.78. The van der Waals surface area contributed by atoms with E-state index in [9.17, 15) is 14.4 Å². The van der Waals surface area contributed by atoms with Gasteiger partial charge in [0.2, 0.25) is 11.8 Å². The first kappa shape index (κ1) is 21.4. The van der Waals surface area contributed by atoms with Gasteiger partial charge in [0, 0.05) is 4.88 Å². The zero-order valence-corrected chi connectivity index (χ0v) is 18.8. The molecule has 0 saturated heterocycles. The van der Waals surface area contributed by atoms with E-state index in [0.29, 0.717) is 10.6 Å². The molecule has 164 valence electrons. The van der Waals surface area contributed by atoms with E-state index in [4.69, 9.17) is 4.74 Å². The largest absolute Gasteiger partial charge is 0.462 e. The first-order chi connectivity index (χ1) is 14.9. The van der Waals surface area contributed by atoms with E-state index in [1.54, 1.807) is 6.92 Å². The smallest absolute Gasteiger partial charge is 0.341 e. The van der Waals surface area contributed by atoms with Gasteiger partial charge >= 0.3 is 5.97 Å². The van der Waals surface area contributed by atoms with Gasteiger partial charge in [0.1, 0.15) is 11.0 Å². The van der Waals surface area contributed by atoms with Gasteiger partial charge < -0.3 is 20.7 Å². The monoisotopic (exact) mass is 441 g/mol. The fourth-order valence-electron chi connectivity index (χ4n) is 4.09. The van der Waals surface area contributed by atoms with Gasteiger partial charge in [0.15, 0.2) is 0 Å². The maximum absolute atomic E-state index is 12.8. The molecular formula is C23H27N3O4S. The molecule has 2 aromatic rings. The SMILES string of the molecule is CCOC(=O)c1c(NC(=O)C[C@H]2Nc3cc(C)c(C)cc3NC2=O)sc2c1CCCC2. The van der Waals surface area contributed by atoms with Crippen LogP contribution < -0.4 is 16.0 Å². The summed E-state index contributed by atoms with van der Waals surface area (Å²) in [6, 6.07) is 3.21. The van der Waals surface area contributed by atoms with Crippen LogP contribution in [0.2, 0.25) is 0 Å². The molecule has 0 fully saturated rings. The van der Waals surface area contributed by atoms with Crippen LogP contribution in [0.1, 0.15) is 58.1 Å². The predicted octanol–water partition coefficient (Wildman–Crippen LogP) is 4.18. The summed E-state index contributed by atoms with van der Waals surface area (Å²) in [6.45, 7) is 6.04. The van der Waals surface area contributed by atoms with Crippen molar-refractivity contribution in [2.75, 3.05) is 22.6 Å². The molecule has 0 bridgehead atoms. The minimum atomic E-state index is -0.685. The first-order valence-electron chi connectivity index (χ1n) is 10.7. The average Bonchev–Trinajstić information content (AvgIpc) is 3.08. The van der Waals surface area contributed by atoms with Crippen LogP contribution in [-0.2, 0) is 27.2 Å². The molecule has 1 aliphatic carbocycles. The van der Waals surface area contributed by atoms with Crippen LogP contribution in [0.3, 0.4) is 0 Å². The van der Waals surface area contributed by atoms with Gasteiger partial charge in [0.25, 0.3) is 0 Å². The van der Waals surface area contributed by atoms with Crippen molar-refractivity contribution in [3.8, 4) is 0 Å². The number of fused-ring (bicyclic) bond motifs is 2. The Hall–Kier alpha value is -2.87. The second kappa shape index (κ2) is 8.70. The molecule has 8 heteroatoms. The summed E-state index contributed by atoms with van der Waals surface area (Å²) in [5.74, 6) is -0.962. The lowest BCUT2D eigenvalue weighted by Crippen LogP contribution is -2.41. The summed E-state index contributed by atoms with van der Waals surface area (Å²) in [5.41, 5.74) is 5.20. The van der Waals surface area contributed by atoms with Gasteiger partial charge in [0.05, 0.1) is 30.0 Å². The summed E-state index contributed by atoms with van der Waals surface area (Å²) in [7, 11) is 0. The Balaban J connectivity index is 1.51. The van der Waals surface area contributed by atoms with Crippen LogP contribution in [0, 0.1) is 13.8 Å². The topological polar surface area (TPSA) is 96.5 Å². The van der Waals surface area contributed by atoms with Gasteiger partial charge in [-0.25, -0.2) is 4.79 Å². The number of aryl methyl sites for hydroxylation is 3. The number of carbonyl (C=O) groups is 3. The van der Waals surface area contributed by atoms with E-state index < -0.39 is 12.0 Å². The molecule has 2 heterocycles. The van der Waals surface area contributed by atoms with Crippen LogP contribution in [0.15, 0.2) is 12.1 Å². The fraction of sp³-hybridized carbons (Fsp3) is 0.435. The Bertz CT molecular complexity index is 1060. The first-order valence-corrected chi connectivity index (χ1v) is 11.5. The normalized spacial score (nSPS) is 17.1. The van der Waals surface area contributed by atoms with Crippen LogP contribution in [0.5, 0.6) is 0 Å². The van der Waals surface area contributed by atoms with Gasteiger partial charge in [-0.15, -0.1) is 11.3 Å². The van der Waals surface area contributed by atoms with Crippen LogP contribution in [0.4, 0.5) is 16.4 Å². The fourth-order valence-corrected chi connectivity index (χ4v) is 5.39. The van der Waals surface area contributed by atoms with Crippen LogP contribution in [-0.4, -0.2) is 30.4 Å². The third-order valence-electron chi connectivity index (χ3n) is 5.83. The number of rotatable bonds is 5. The number of anilines is 3. The van der Waals surface area contributed by atoms with Gasteiger partial charge in [-0.3, -0.25) is 9.59 Å². The second-order valence-corrected chi connectivity index (χ2v) is 9.16. The molecule has 2 amide bonds. The lowest BCUT2D eigenvalue weighted by molar-refractivity contribution is -0.122. The number of hydrogen-bond donors (Lipinski definition) is 3. The van der Waals surface area contributed by atoms with Crippen molar-refractivity contribution >= 4 is 45.5 Å². The van der Waals surface area contributed by atoms with Crippen molar-refractivity contribution in [2.45, 2.75) is 58.9 Å². The molecule has 4 rings (SSSR count). The molecule has 1 atom stereocenters. The van der Waals surface area contributed by atoms with Crippen molar-refractivity contribution in [1.82, 2.24) is 0 Å². The highest BCUT2D eigenvalue weighted by Gasteiger charge is 2.30. The minimum Gasteiger partial charge on any atom is -0.462 e. The molecular weight excluding hydrogens is 414 g/mol. The number of carbonyl (C=O) groups excluding carboxylic acids is 3. The van der Waals surface area contributed by atoms with Crippen molar-refractivity contribution in [3.63, 3.8) is 0 Å². The summed E-state index contributed by atoms with van der Waals surface area (Å²) >= 11 is 1.45. The number of ether oxygens (including phenoxy) is 1. The van der Waals surface area contributed by atoms with Gasteiger partial charge in [-0.2, -0.15) is 0 Å². The lowest BCUT2D eigenvalue weighted by atomic mass is 9.95. The standard InChI is InChI=1S/C23H27N3O4S/c1-4-30-23(29)20-14-7-5-6-8-18(14)31-22(20)26-19(27)11-17-21(28)25-16-10-13(3)12(2)9-15(16)24-17/h9-10,17,24H,4-8,11H2,1-3H3,(H,25,28)(H,26,27)/t17-/m1/s1. The van der Waals surface area contributed by atoms with Gasteiger partial charge in [-0.1, -0.05) is 0 Å². The van der Waals surface area contributed by atoms with E-state index in [2.05, 4.69) is 16.0 Å². The third-order valence-corrected chi connectivity index (χ3v) is 7.04. The van der Waals surface area contributed by atoms with E-state index >= 15 is 0 Å². The van der Waals surface area contributed by atoms with Crippen molar-refractivity contribution < 1.29 is 19.1 Å². The molecule has 7 nitrogen and oxygen atoms in total. The maximum atomic E-state index is 12.8. The highest BCUT2D eigenvalue weighted by Crippen LogP contribution is 2.39. The number of benzene rings is 1. The number of thiophene rings is 1. The van der Waals surface area contributed by atoms with E-state index in [1.165, 1.54) is 11.3 Å². The van der Waals surface area contributed by atoms with Gasteiger partial charge in [-0.05, 0) is 75.3 Å². The quantitative estimate of drug-likeness (QED) is 0.605. The molecule has 0 unspecified atom stereocenters. The summed E-state index contributed by atoms with van der Waals surface area (Å²) < 4.78 is 5.24. The zero-order chi connectivity index (χ0) is 22.1. The molecule has 1 aromatic heterocycles. The summed E-state index contributed by atoms with van der Waals surface area (Å²) in [5, 5.41) is 9.46. The Morgan fingerprint density at radius 1 is 1.16 bits per heavy atom. The Morgan fingerprint density at radius 2 is 1.87 bits per heavy atom. The van der Waals surface area contributed by atoms with E-state index in [1.807, 2.05) is 26.0 Å². The Labute approximate surface area is 185 Å². The molecule has 31 heavy (non-hydrogen) atoms. The molecule has 2 aliphatic rings. The van der Waals surface area contributed by atoms with Crippen LogP contribution >= 0.6 is 11.3 Å². The average molecular weight is 442 g/mol. The van der Waals surface area contributed by atoms with Crippen molar-refractivity contribution in [2.24, 2.45) is 0 Å². The molecule has 0 radical (unpaired) electrons. The Morgan fingerprint density at radius 3 is 2.61 bits per heavy atom. The van der Waals surface area contributed by atoms with Crippen molar-refractivity contribution in [3.05, 3.63) is 39.3 Å².